The molecule has 2 rings (SSSR count). The summed E-state index contributed by atoms with van der Waals surface area (Å²) in [4.78, 5) is 22.9. The average Bonchev–Trinajstić information content (AvgIpc) is 2.36. The maximum absolute atomic E-state index is 11.5. The van der Waals surface area contributed by atoms with Crippen LogP contribution in [0, 0.1) is 0 Å². The third kappa shape index (κ3) is 2.10. The first-order valence-corrected chi connectivity index (χ1v) is 5.57. The third-order valence-corrected chi connectivity index (χ3v) is 2.90. The Labute approximate surface area is 94.0 Å². The van der Waals surface area contributed by atoms with Gasteiger partial charge in [-0.25, -0.2) is 0 Å². The number of ether oxygens (including phenoxy) is 3. The number of fused-ring (bicyclic) bond motifs is 2. The lowest BCUT2D eigenvalue weighted by Crippen LogP contribution is -2.40. The number of esters is 1. The van der Waals surface area contributed by atoms with Crippen molar-refractivity contribution in [2.24, 2.45) is 0 Å². The van der Waals surface area contributed by atoms with E-state index in [1.807, 2.05) is 6.92 Å². The first kappa shape index (κ1) is 11.5. The summed E-state index contributed by atoms with van der Waals surface area (Å²) in [6.45, 7) is 3.92. The summed E-state index contributed by atoms with van der Waals surface area (Å²) in [7, 11) is 0. The number of ketones is 1. The summed E-state index contributed by atoms with van der Waals surface area (Å²) in [6, 6.07) is 0. The second kappa shape index (κ2) is 4.14. The fourth-order valence-electron chi connectivity index (χ4n) is 2.28. The highest BCUT2D eigenvalue weighted by atomic mass is 16.8. The molecule has 3 atom stereocenters. The van der Waals surface area contributed by atoms with Crippen molar-refractivity contribution in [2.75, 3.05) is 6.61 Å². The number of carbonyl (C=O) groups is 2. The monoisotopic (exact) mass is 228 g/mol. The van der Waals surface area contributed by atoms with Crippen molar-refractivity contribution in [1.82, 2.24) is 0 Å². The third-order valence-electron chi connectivity index (χ3n) is 2.90. The lowest BCUT2D eigenvalue weighted by atomic mass is 9.99. The summed E-state index contributed by atoms with van der Waals surface area (Å²) in [5, 5.41) is 0. The molecule has 0 aromatic rings. The minimum Gasteiger partial charge on any atom is -0.466 e. The number of carbonyl (C=O) groups excluding carboxylic acids is 2. The van der Waals surface area contributed by atoms with Gasteiger partial charge in [-0.3, -0.25) is 9.59 Å². The lowest BCUT2D eigenvalue weighted by Gasteiger charge is -2.29. The Morgan fingerprint density at radius 3 is 3.00 bits per heavy atom. The van der Waals surface area contributed by atoms with E-state index >= 15 is 0 Å². The number of rotatable bonds is 3. The molecule has 2 bridgehead atoms. The smallest absolute Gasteiger partial charge is 0.311 e. The van der Waals surface area contributed by atoms with Crippen LogP contribution in [0.5, 0.6) is 0 Å². The summed E-state index contributed by atoms with van der Waals surface area (Å²) >= 11 is 0. The van der Waals surface area contributed by atoms with E-state index in [4.69, 9.17) is 14.2 Å². The van der Waals surface area contributed by atoms with E-state index in [0.29, 0.717) is 13.0 Å². The molecule has 0 aromatic carbocycles. The van der Waals surface area contributed by atoms with Gasteiger partial charge in [-0.2, -0.15) is 0 Å². The van der Waals surface area contributed by atoms with Gasteiger partial charge in [0.2, 0.25) is 0 Å². The molecular weight excluding hydrogens is 212 g/mol. The van der Waals surface area contributed by atoms with Crippen LogP contribution in [-0.2, 0) is 23.8 Å². The van der Waals surface area contributed by atoms with Crippen molar-refractivity contribution in [3.63, 3.8) is 0 Å². The van der Waals surface area contributed by atoms with Crippen LogP contribution in [0.25, 0.3) is 0 Å². The SMILES string of the molecule is CCOC(=O)C[C@]12CC(=O)C[C@H](O1)[C@@H](C)O2. The number of hydrogen-bond acceptors (Lipinski definition) is 5. The molecule has 0 amide bonds. The molecule has 2 aliphatic rings. The fourth-order valence-corrected chi connectivity index (χ4v) is 2.28. The van der Waals surface area contributed by atoms with Crippen LogP contribution in [0.15, 0.2) is 0 Å². The van der Waals surface area contributed by atoms with Gasteiger partial charge >= 0.3 is 5.97 Å². The number of Topliss-reactive ketones (excluding diaryl/α,β-unsaturated/α-hetero) is 1. The van der Waals surface area contributed by atoms with Crippen molar-refractivity contribution in [3.8, 4) is 0 Å². The topological polar surface area (TPSA) is 61.8 Å². The maximum Gasteiger partial charge on any atom is 0.311 e. The predicted molar refractivity (Wildman–Crippen MR) is 53.6 cm³/mol. The molecule has 2 aliphatic heterocycles. The summed E-state index contributed by atoms with van der Waals surface area (Å²) in [6.07, 6.45) is 0.169. The van der Waals surface area contributed by atoms with Gasteiger partial charge in [0.25, 0.3) is 0 Å². The van der Waals surface area contributed by atoms with Gasteiger partial charge in [0.05, 0.1) is 25.2 Å². The van der Waals surface area contributed by atoms with E-state index in [0.717, 1.165) is 0 Å². The quantitative estimate of drug-likeness (QED) is 0.669. The van der Waals surface area contributed by atoms with Crippen LogP contribution < -0.4 is 0 Å². The molecule has 0 N–H and O–H groups in total. The largest absolute Gasteiger partial charge is 0.466 e. The molecule has 2 fully saturated rings. The molecule has 16 heavy (non-hydrogen) atoms. The van der Waals surface area contributed by atoms with E-state index in [2.05, 4.69) is 0 Å². The molecule has 2 heterocycles. The molecule has 0 unspecified atom stereocenters. The Morgan fingerprint density at radius 2 is 2.31 bits per heavy atom. The molecule has 0 radical (unpaired) electrons. The van der Waals surface area contributed by atoms with E-state index in [-0.39, 0.29) is 36.8 Å². The molecule has 90 valence electrons. The predicted octanol–water partition coefficient (Wildman–Crippen LogP) is 0.803. The Hall–Kier alpha value is -0.940. The van der Waals surface area contributed by atoms with Crippen molar-refractivity contribution >= 4 is 11.8 Å². The Balaban J connectivity index is 2.06. The van der Waals surface area contributed by atoms with E-state index in [9.17, 15) is 9.59 Å². The zero-order valence-corrected chi connectivity index (χ0v) is 9.52. The standard InChI is InChI=1S/C11H16O5/c1-3-14-10(13)6-11-5-8(12)4-9(16-11)7(2)15-11/h7,9H,3-6H2,1-2H3/t7-,9+,11+/m1/s1. The zero-order chi connectivity index (χ0) is 11.8. The van der Waals surface area contributed by atoms with Crippen LogP contribution in [0.4, 0.5) is 0 Å². The van der Waals surface area contributed by atoms with Crippen molar-refractivity contribution in [2.45, 2.75) is 51.1 Å². The van der Waals surface area contributed by atoms with Crippen LogP contribution in [-0.4, -0.2) is 36.4 Å². The second-order valence-electron chi connectivity index (χ2n) is 4.29. The molecule has 5 heteroatoms. The summed E-state index contributed by atoms with van der Waals surface area (Å²) in [5.41, 5.74) is 0. The Morgan fingerprint density at radius 1 is 1.56 bits per heavy atom. The minimum absolute atomic E-state index is 0.00653. The van der Waals surface area contributed by atoms with Crippen LogP contribution in [0.1, 0.15) is 33.1 Å². The van der Waals surface area contributed by atoms with Crippen LogP contribution in [0.2, 0.25) is 0 Å². The van der Waals surface area contributed by atoms with Crippen molar-refractivity contribution in [1.29, 1.82) is 0 Å². The lowest BCUT2D eigenvalue weighted by molar-refractivity contribution is -0.203. The van der Waals surface area contributed by atoms with Gasteiger partial charge < -0.3 is 14.2 Å². The Kier molecular flexibility index (Phi) is 2.99. The summed E-state index contributed by atoms with van der Waals surface area (Å²) in [5.74, 6) is -1.36. The van der Waals surface area contributed by atoms with Crippen LogP contribution >= 0.6 is 0 Å². The molecule has 0 aromatic heterocycles. The van der Waals surface area contributed by atoms with Gasteiger partial charge in [0.1, 0.15) is 12.2 Å². The molecule has 2 saturated heterocycles. The molecular formula is C11H16O5. The highest BCUT2D eigenvalue weighted by Crippen LogP contribution is 2.40. The van der Waals surface area contributed by atoms with Gasteiger partial charge in [0.15, 0.2) is 5.79 Å². The first-order chi connectivity index (χ1) is 7.54. The molecule has 5 nitrogen and oxygen atoms in total. The normalized spacial score (nSPS) is 37.5. The molecule has 0 saturated carbocycles. The van der Waals surface area contributed by atoms with Gasteiger partial charge in [-0.05, 0) is 13.8 Å². The minimum atomic E-state index is -1.06. The Bertz CT molecular complexity index is 309. The first-order valence-electron chi connectivity index (χ1n) is 5.57. The summed E-state index contributed by atoms with van der Waals surface area (Å²) < 4.78 is 16.1. The van der Waals surface area contributed by atoms with Gasteiger partial charge in [0, 0.05) is 6.42 Å². The van der Waals surface area contributed by atoms with Crippen molar-refractivity contribution < 1.29 is 23.8 Å². The van der Waals surface area contributed by atoms with Gasteiger partial charge in [-0.15, -0.1) is 0 Å². The van der Waals surface area contributed by atoms with E-state index < -0.39 is 5.79 Å². The number of hydrogen-bond donors (Lipinski definition) is 0. The zero-order valence-electron chi connectivity index (χ0n) is 9.52. The van der Waals surface area contributed by atoms with Gasteiger partial charge in [-0.1, -0.05) is 0 Å². The highest BCUT2D eigenvalue weighted by molar-refractivity contribution is 5.82. The molecule has 0 aliphatic carbocycles. The second-order valence-corrected chi connectivity index (χ2v) is 4.29. The van der Waals surface area contributed by atoms with E-state index in [1.54, 1.807) is 6.92 Å². The maximum atomic E-state index is 11.5. The van der Waals surface area contributed by atoms with Crippen LogP contribution in [0.3, 0.4) is 0 Å². The van der Waals surface area contributed by atoms with E-state index in [1.165, 1.54) is 0 Å². The highest BCUT2D eigenvalue weighted by Gasteiger charge is 2.52. The average molecular weight is 228 g/mol. The molecule has 0 spiro atoms. The van der Waals surface area contributed by atoms with Crippen molar-refractivity contribution in [3.05, 3.63) is 0 Å². The fraction of sp³-hybridized carbons (Fsp3) is 0.818.